The van der Waals surface area contributed by atoms with E-state index in [1.165, 1.54) is 14.0 Å². The molecule has 0 aliphatic carbocycles. The highest BCUT2D eigenvalue weighted by Crippen LogP contribution is 2.29. The number of aliphatic hydroxyl groups excluding tert-OH is 1. The Kier molecular flexibility index (Phi) is 6.12. The van der Waals surface area contributed by atoms with Crippen LogP contribution in [0, 0.1) is 0 Å². The molecule has 2 unspecified atom stereocenters. The molecule has 1 heterocycles. The van der Waals surface area contributed by atoms with E-state index in [9.17, 15) is 23.1 Å². The van der Waals surface area contributed by atoms with Crippen molar-refractivity contribution in [3.05, 3.63) is 23.9 Å². The summed E-state index contributed by atoms with van der Waals surface area (Å²) in [7, 11) is 1.36. The number of alkyl halides is 3. The van der Waals surface area contributed by atoms with Crippen LogP contribution in [0.3, 0.4) is 0 Å². The molecule has 1 aromatic rings. The first-order valence-corrected chi connectivity index (χ1v) is 6.53. The van der Waals surface area contributed by atoms with Crippen molar-refractivity contribution in [2.24, 2.45) is 0 Å². The van der Waals surface area contributed by atoms with Gasteiger partial charge in [0.1, 0.15) is 5.82 Å². The zero-order valence-corrected chi connectivity index (χ0v) is 12.4. The third-order valence-electron chi connectivity index (χ3n) is 2.77. The number of hydrogen-bond donors (Lipinski definition) is 2. The van der Waals surface area contributed by atoms with Gasteiger partial charge >= 0.3 is 12.2 Å². The van der Waals surface area contributed by atoms with Crippen molar-refractivity contribution in [1.82, 2.24) is 9.88 Å². The number of halogens is 3. The molecular weight excluding hydrogens is 303 g/mol. The second kappa shape index (κ2) is 7.41. The van der Waals surface area contributed by atoms with Crippen LogP contribution in [0.15, 0.2) is 18.3 Å². The van der Waals surface area contributed by atoms with Gasteiger partial charge in [0.15, 0.2) is 6.23 Å². The number of amides is 2. The largest absolute Gasteiger partial charge is 0.416 e. The third kappa shape index (κ3) is 4.85. The molecule has 1 aromatic heterocycles. The van der Waals surface area contributed by atoms with Crippen LogP contribution in [-0.2, 0) is 10.9 Å². The van der Waals surface area contributed by atoms with Crippen molar-refractivity contribution < 1.29 is 27.8 Å². The monoisotopic (exact) mass is 321 g/mol. The molecule has 0 radical (unpaired) electrons. The average Bonchev–Trinajstić information content (AvgIpc) is 2.43. The van der Waals surface area contributed by atoms with E-state index in [1.807, 2.05) is 0 Å². The van der Waals surface area contributed by atoms with Crippen LogP contribution in [0.1, 0.15) is 19.4 Å². The maximum atomic E-state index is 12.6. The number of rotatable bonds is 5. The van der Waals surface area contributed by atoms with Gasteiger partial charge in [-0.2, -0.15) is 13.2 Å². The summed E-state index contributed by atoms with van der Waals surface area (Å²) >= 11 is 0. The molecule has 22 heavy (non-hydrogen) atoms. The molecule has 2 amide bonds. The molecule has 124 valence electrons. The predicted molar refractivity (Wildman–Crippen MR) is 73.1 cm³/mol. The van der Waals surface area contributed by atoms with E-state index in [0.29, 0.717) is 0 Å². The fourth-order valence-corrected chi connectivity index (χ4v) is 1.73. The minimum absolute atomic E-state index is 0.243. The number of hydrogen-bond acceptors (Lipinski definition) is 4. The Morgan fingerprint density at radius 2 is 2.18 bits per heavy atom. The molecule has 0 aliphatic heterocycles. The van der Waals surface area contributed by atoms with E-state index in [0.717, 1.165) is 23.2 Å². The molecule has 6 nitrogen and oxygen atoms in total. The molecule has 0 spiro atoms. The third-order valence-corrected chi connectivity index (χ3v) is 2.77. The number of nitrogens with one attached hydrogen (secondary N) is 1. The smallest absolute Gasteiger partial charge is 0.389 e. The van der Waals surface area contributed by atoms with Crippen molar-refractivity contribution >= 4 is 11.8 Å². The number of urea groups is 1. The Bertz CT molecular complexity index is 509. The molecule has 2 atom stereocenters. The lowest BCUT2D eigenvalue weighted by molar-refractivity contribution is -0.137. The fraction of sp³-hybridized carbons (Fsp3) is 0.538. The number of carbonyl (C=O) groups excluding carboxylic acids is 1. The Morgan fingerprint density at radius 3 is 2.68 bits per heavy atom. The lowest BCUT2D eigenvalue weighted by atomic mass is 10.2. The van der Waals surface area contributed by atoms with E-state index < -0.39 is 30.1 Å². The number of anilines is 1. The van der Waals surface area contributed by atoms with Gasteiger partial charge in [0.05, 0.1) is 11.7 Å². The number of likely N-dealkylation sites (N-methyl/N-ethyl adjacent to an activating group) is 1. The SMILES string of the molecule is CCOC(C(C)O)N(C)C(=O)Nc1cc(C(F)(F)F)ccn1. The zero-order chi connectivity index (χ0) is 16.9. The first-order chi connectivity index (χ1) is 10.2. The Hall–Kier alpha value is -1.87. The molecule has 2 N–H and O–H groups in total. The maximum Gasteiger partial charge on any atom is 0.416 e. The minimum Gasteiger partial charge on any atom is -0.389 e. The number of carbonyl (C=O) groups is 1. The summed E-state index contributed by atoms with van der Waals surface area (Å²) in [5.74, 6) is -0.243. The highest BCUT2D eigenvalue weighted by molar-refractivity contribution is 5.88. The van der Waals surface area contributed by atoms with Crippen molar-refractivity contribution in [1.29, 1.82) is 0 Å². The van der Waals surface area contributed by atoms with Gasteiger partial charge in [0.2, 0.25) is 0 Å². The van der Waals surface area contributed by atoms with Crippen molar-refractivity contribution in [2.75, 3.05) is 19.0 Å². The predicted octanol–water partition coefficient (Wildman–Crippen LogP) is 2.31. The normalized spacial score (nSPS) is 14.3. The van der Waals surface area contributed by atoms with Gasteiger partial charge in [-0.25, -0.2) is 9.78 Å². The summed E-state index contributed by atoms with van der Waals surface area (Å²) in [5, 5.41) is 11.8. The number of ether oxygens (including phenoxy) is 1. The summed E-state index contributed by atoms with van der Waals surface area (Å²) in [6.07, 6.45) is -5.46. The van der Waals surface area contributed by atoms with Gasteiger partial charge in [-0.1, -0.05) is 0 Å². The Morgan fingerprint density at radius 1 is 1.55 bits per heavy atom. The lowest BCUT2D eigenvalue weighted by Gasteiger charge is -2.29. The van der Waals surface area contributed by atoms with E-state index in [4.69, 9.17) is 4.74 Å². The molecule has 0 saturated heterocycles. The van der Waals surface area contributed by atoms with Crippen LogP contribution in [0.5, 0.6) is 0 Å². The Balaban J connectivity index is 2.83. The quantitative estimate of drug-likeness (QED) is 0.816. The number of pyridine rings is 1. The van der Waals surface area contributed by atoms with Crippen molar-refractivity contribution in [3.8, 4) is 0 Å². The number of aliphatic hydroxyl groups is 1. The van der Waals surface area contributed by atoms with Crippen LogP contribution < -0.4 is 5.32 Å². The topological polar surface area (TPSA) is 74.7 Å². The first-order valence-electron chi connectivity index (χ1n) is 6.53. The highest BCUT2D eigenvalue weighted by atomic mass is 19.4. The van der Waals surface area contributed by atoms with Crippen molar-refractivity contribution in [3.63, 3.8) is 0 Å². The second-order valence-electron chi connectivity index (χ2n) is 4.56. The standard InChI is InChI=1S/C13H18F3N3O3/c1-4-22-11(8(2)20)19(3)12(21)18-10-7-9(5-6-17-10)13(14,15)16/h5-8,11,20H,4H2,1-3H3,(H,17,18,21). The summed E-state index contributed by atoms with van der Waals surface area (Å²) in [4.78, 5) is 16.7. The summed E-state index contributed by atoms with van der Waals surface area (Å²) < 4.78 is 43.0. The van der Waals surface area contributed by atoms with Crippen LogP contribution >= 0.6 is 0 Å². The summed E-state index contributed by atoms with van der Waals surface area (Å²) in [5.41, 5.74) is -0.919. The summed E-state index contributed by atoms with van der Waals surface area (Å²) in [6, 6.07) is 0.785. The number of aromatic nitrogens is 1. The Labute approximate surface area is 125 Å². The fourth-order valence-electron chi connectivity index (χ4n) is 1.73. The molecule has 1 rings (SSSR count). The summed E-state index contributed by atoms with van der Waals surface area (Å²) in [6.45, 7) is 3.39. The maximum absolute atomic E-state index is 12.6. The zero-order valence-electron chi connectivity index (χ0n) is 12.4. The van der Waals surface area contributed by atoms with Crippen LogP contribution in [0.25, 0.3) is 0 Å². The van der Waals surface area contributed by atoms with Crippen LogP contribution in [0.4, 0.5) is 23.8 Å². The molecule has 0 aromatic carbocycles. The second-order valence-corrected chi connectivity index (χ2v) is 4.56. The molecule has 0 saturated carbocycles. The molecule has 0 fully saturated rings. The van der Waals surface area contributed by atoms with E-state index in [-0.39, 0.29) is 12.4 Å². The van der Waals surface area contributed by atoms with Crippen LogP contribution in [-0.4, -0.2) is 47.0 Å². The number of nitrogens with zero attached hydrogens (tertiary/aromatic N) is 2. The van der Waals surface area contributed by atoms with Gasteiger partial charge in [0.25, 0.3) is 0 Å². The van der Waals surface area contributed by atoms with E-state index in [2.05, 4.69) is 10.3 Å². The highest BCUT2D eigenvalue weighted by Gasteiger charge is 2.31. The molecular formula is C13H18F3N3O3. The van der Waals surface area contributed by atoms with Gasteiger partial charge in [-0.15, -0.1) is 0 Å². The van der Waals surface area contributed by atoms with E-state index >= 15 is 0 Å². The molecule has 0 bridgehead atoms. The lowest BCUT2D eigenvalue weighted by Crippen LogP contribution is -2.47. The van der Waals surface area contributed by atoms with Gasteiger partial charge in [-0.05, 0) is 26.0 Å². The van der Waals surface area contributed by atoms with Crippen molar-refractivity contribution in [2.45, 2.75) is 32.4 Å². The average molecular weight is 321 g/mol. The molecule has 0 aliphatic rings. The minimum atomic E-state index is -4.53. The first kappa shape index (κ1) is 18.2. The molecule has 9 heteroatoms. The van der Waals surface area contributed by atoms with Crippen LogP contribution in [0.2, 0.25) is 0 Å². The van der Waals surface area contributed by atoms with Gasteiger partial charge in [0, 0.05) is 19.9 Å². The van der Waals surface area contributed by atoms with Gasteiger partial charge < -0.3 is 9.84 Å². The van der Waals surface area contributed by atoms with Gasteiger partial charge in [-0.3, -0.25) is 10.2 Å². The van der Waals surface area contributed by atoms with E-state index in [1.54, 1.807) is 6.92 Å².